The average molecular weight is 1440 g/mol. The van der Waals surface area contributed by atoms with Crippen LogP contribution in [0.1, 0.15) is 413 Å². The molecule has 0 aromatic heterocycles. The van der Waals surface area contributed by atoms with Crippen molar-refractivity contribution in [3.05, 3.63) is 12.2 Å². The molecule has 3 N–H and O–H groups in total. The fourth-order valence-electron chi connectivity index (χ4n) is 12.0. The second-order valence-electron chi connectivity index (χ2n) is 28.1. The van der Waals surface area contributed by atoms with Crippen molar-refractivity contribution in [2.45, 2.75) is 431 Å². The van der Waals surface area contributed by atoms with Gasteiger partial charge in [0, 0.05) is 25.7 Å². The Morgan fingerprint density at radius 1 is 0.276 bits per heavy atom. The zero-order valence-corrected chi connectivity index (χ0v) is 65.3. The maximum Gasteiger partial charge on any atom is 0.472 e. The smallest absolute Gasteiger partial charge is 0.462 e. The van der Waals surface area contributed by atoms with Gasteiger partial charge in [0.15, 0.2) is 12.2 Å². The number of rotatable bonds is 79. The number of allylic oxidation sites excluding steroid dienone is 2. The number of aliphatic hydroxyl groups is 1. The number of hydrogen-bond donors (Lipinski definition) is 3. The first kappa shape index (κ1) is 95.8. The maximum absolute atomic E-state index is 13.1. The van der Waals surface area contributed by atoms with Gasteiger partial charge in [0.05, 0.1) is 26.4 Å². The van der Waals surface area contributed by atoms with Gasteiger partial charge in [0.25, 0.3) is 0 Å². The zero-order chi connectivity index (χ0) is 71.8. The fourth-order valence-corrected chi connectivity index (χ4v) is 13.6. The highest BCUT2D eigenvalue weighted by Gasteiger charge is 2.30. The van der Waals surface area contributed by atoms with Gasteiger partial charge in [-0.3, -0.25) is 37.3 Å². The molecule has 0 heterocycles. The van der Waals surface area contributed by atoms with E-state index in [2.05, 4.69) is 39.8 Å². The highest BCUT2D eigenvalue weighted by molar-refractivity contribution is 7.47. The van der Waals surface area contributed by atoms with Gasteiger partial charge in [-0.1, -0.05) is 348 Å². The summed E-state index contributed by atoms with van der Waals surface area (Å²) in [5.74, 6) is -2.12. The Kier molecular flexibility index (Phi) is 71.5. The van der Waals surface area contributed by atoms with Crippen LogP contribution in [0.2, 0.25) is 0 Å². The number of carbonyl (C=O) groups is 4. The third-order valence-electron chi connectivity index (χ3n) is 18.3. The van der Waals surface area contributed by atoms with Crippen molar-refractivity contribution in [1.29, 1.82) is 0 Å². The van der Waals surface area contributed by atoms with Crippen LogP contribution >= 0.6 is 15.6 Å². The van der Waals surface area contributed by atoms with Crippen molar-refractivity contribution in [3.8, 4) is 0 Å². The molecule has 0 aliphatic rings. The van der Waals surface area contributed by atoms with Gasteiger partial charge in [0.2, 0.25) is 0 Å². The van der Waals surface area contributed by atoms with Gasteiger partial charge in [-0.05, 0) is 51.4 Å². The van der Waals surface area contributed by atoms with Gasteiger partial charge in [0.1, 0.15) is 19.3 Å². The van der Waals surface area contributed by atoms with E-state index in [4.69, 9.17) is 37.0 Å². The highest BCUT2D eigenvalue weighted by Crippen LogP contribution is 2.45. The van der Waals surface area contributed by atoms with Crippen molar-refractivity contribution in [3.63, 3.8) is 0 Å². The van der Waals surface area contributed by atoms with E-state index in [0.29, 0.717) is 25.7 Å². The molecule has 0 fully saturated rings. The lowest BCUT2D eigenvalue weighted by Crippen LogP contribution is -2.30. The van der Waals surface area contributed by atoms with Crippen LogP contribution in [0.4, 0.5) is 0 Å². The minimum absolute atomic E-state index is 0.105. The molecule has 0 bridgehead atoms. The molecule has 0 spiro atoms. The first-order valence-corrected chi connectivity index (χ1v) is 43.9. The minimum Gasteiger partial charge on any atom is -0.462 e. The SMILES string of the molecule is CCCCCCCC/C=C\CCCCCCCC(=O)OC[C@H](COP(=O)(O)OC[C@@H](O)COP(=O)(O)OC[C@@H](COC(=O)CCCCCCCCCCCCCCCCC)OC(=O)CCCCCCCCCCCCCCC)OC(=O)CCCCCCCCCCCCCCCCC. The van der Waals surface area contributed by atoms with Gasteiger partial charge in [-0.25, -0.2) is 9.13 Å². The minimum atomic E-state index is -4.96. The first-order valence-electron chi connectivity index (χ1n) is 40.9. The summed E-state index contributed by atoms with van der Waals surface area (Å²) < 4.78 is 68.7. The van der Waals surface area contributed by atoms with Crippen LogP contribution in [0.5, 0.6) is 0 Å². The Morgan fingerprint density at radius 2 is 0.469 bits per heavy atom. The van der Waals surface area contributed by atoms with Gasteiger partial charge in [-0.2, -0.15) is 0 Å². The normalized spacial score (nSPS) is 13.9. The van der Waals surface area contributed by atoms with Crippen LogP contribution < -0.4 is 0 Å². The molecule has 0 radical (unpaired) electrons. The van der Waals surface area contributed by atoms with E-state index in [0.717, 1.165) is 109 Å². The molecule has 0 aromatic carbocycles. The predicted molar refractivity (Wildman–Crippen MR) is 400 cm³/mol. The molecule has 19 heteroatoms. The lowest BCUT2D eigenvalue weighted by atomic mass is 10.0. The van der Waals surface area contributed by atoms with Crippen molar-refractivity contribution < 1.29 is 80.2 Å². The Bertz CT molecular complexity index is 1910. The number of carbonyl (C=O) groups excluding carboxylic acids is 4. The third kappa shape index (κ3) is 72.2. The number of hydrogen-bond acceptors (Lipinski definition) is 15. The van der Waals surface area contributed by atoms with Crippen LogP contribution in [0, 0.1) is 0 Å². The summed E-state index contributed by atoms with van der Waals surface area (Å²) in [4.78, 5) is 73.0. The van der Waals surface area contributed by atoms with E-state index >= 15 is 0 Å². The largest absolute Gasteiger partial charge is 0.472 e. The molecule has 2 unspecified atom stereocenters. The van der Waals surface area contributed by atoms with E-state index in [9.17, 15) is 43.2 Å². The second kappa shape index (κ2) is 73.1. The number of aliphatic hydroxyl groups excluding tert-OH is 1. The Labute approximate surface area is 600 Å². The summed E-state index contributed by atoms with van der Waals surface area (Å²) in [6.07, 6.45) is 66.1. The Balaban J connectivity index is 5.28. The molecule has 0 amide bonds. The molecular formula is C79H152O17P2. The Morgan fingerprint density at radius 3 is 0.704 bits per heavy atom. The van der Waals surface area contributed by atoms with Gasteiger partial charge >= 0.3 is 39.5 Å². The quantitative estimate of drug-likeness (QED) is 0.0169. The van der Waals surface area contributed by atoms with E-state index in [-0.39, 0.29) is 25.7 Å². The molecule has 0 aromatic rings. The number of phosphoric acid groups is 2. The fraction of sp³-hybridized carbons (Fsp3) is 0.924. The van der Waals surface area contributed by atoms with Crippen LogP contribution in [0.15, 0.2) is 12.2 Å². The first-order chi connectivity index (χ1) is 47.7. The second-order valence-corrected chi connectivity index (χ2v) is 31.0. The van der Waals surface area contributed by atoms with Crippen molar-refractivity contribution >= 4 is 39.5 Å². The van der Waals surface area contributed by atoms with Crippen LogP contribution in [0.25, 0.3) is 0 Å². The van der Waals surface area contributed by atoms with E-state index in [1.54, 1.807) is 0 Å². The monoisotopic (exact) mass is 1440 g/mol. The van der Waals surface area contributed by atoms with E-state index < -0.39 is 97.5 Å². The number of esters is 4. The summed E-state index contributed by atoms with van der Waals surface area (Å²) in [5, 5.41) is 10.6. The lowest BCUT2D eigenvalue weighted by molar-refractivity contribution is -0.161. The lowest BCUT2D eigenvalue weighted by Gasteiger charge is -2.21. The number of unbranched alkanes of at least 4 members (excludes halogenated alkanes) is 51. The molecule has 580 valence electrons. The van der Waals surface area contributed by atoms with Crippen LogP contribution in [0.3, 0.4) is 0 Å². The predicted octanol–water partition coefficient (Wildman–Crippen LogP) is 23.6. The standard InChI is InChI=1S/C79H152O17P2/c1-5-9-13-17-21-25-29-33-36-40-43-47-51-55-59-63-76(81)89-69-74(95-78(83)65-61-57-53-49-45-39-32-28-24-20-16-12-8-4)71-93-97(85,86)91-67-73(80)68-92-98(87,88)94-72-75(96-79(84)66-62-58-54-50-46-42-38-35-31-27-23-19-15-11-7-3)70-90-77(82)64-60-56-52-48-44-41-37-34-30-26-22-18-14-10-6-2/h34,37,73-75,80H,5-33,35-36,38-72H2,1-4H3,(H,85,86)(H,87,88)/b37-34-/t73-,74+,75+/m0/s1. The Hall–Kier alpha value is -2.20. The van der Waals surface area contributed by atoms with E-state index in [1.807, 2.05) is 0 Å². The van der Waals surface area contributed by atoms with Crippen molar-refractivity contribution in [1.82, 2.24) is 0 Å². The molecule has 0 saturated heterocycles. The highest BCUT2D eigenvalue weighted by atomic mass is 31.2. The zero-order valence-electron chi connectivity index (χ0n) is 63.5. The average Bonchev–Trinajstić information content (AvgIpc) is 1.04. The molecule has 0 rings (SSSR count). The third-order valence-corrected chi connectivity index (χ3v) is 20.2. The van der Waals surface area contributed by atoms with Crippen LogP contribution in [-0.2, 0) is 65.4 Å². The summed E-state index contributed by atoms with van der Waals surface area (Å²) in [6.45, 7) is 4.99. The summed E-state index contributed by atoms with van der Waals surface area (Å²) in [5.41, 5.74) is 0. The van der Waals surface area contributed by atoms with Crippen LogP contribution in [-0.4, -0.2) is 96.7 Å². The molecular weight excluding hydrogens is 1280 g/mol. The van der Waals surface area contributed by atoms with Gasteiger partial charge in [-0.15, -0.1) is 0 Å². The summed E-state index contributed by atoms with van der Waals surface area (Å²) in [6, 6.07) is 0. The van der Waals surface area contributed by atoms with E-state index in [1.165, 1.54) is 225 Å². The summed E-state index contributed by atoms with van der Waals surface area (Å²) >= 11 is 0. The molecule has 0 saturated carbocycles. The number of ether oxygens (including phenoxy) is 4. The summed E-state index contributed by atoms with van der Waals surface area (Å²) in [7, 11) is -9.92. The molecule has 0 aliphatic heterocycles. The molecule has 98 heavy (non-hydrogen) atoms. The molecule has 5 atom stereocenters. The van der Waals surface area contributed by atoms with Crippen molar-refractivity contribution in [2.24, 2.45) is 0 Å². The molecule has 0 aliphatic carbocycles. The topological polar surface area (TPSA) is 237 Å². The van der Waals surface area contributed by atoms with Crippen molar-refractivity contribution in [2.75, 3.05) is 39.6 Å². The number of phosphoric ester groups is 2. The maximum atomic E-state index is 13.1. The molecule has 17 nitrogen and oxygen atoms in total. The van der Waals surface area contributed by atoms with Gasteiger partial charge < -0.3 is 33.8 Å².